The van der Waals surface area contributed by atoms with Crippen LogP contribution in [-0.4, -0.2) is 70.6 Å². The Morgan fingerprint density at radius 1 is 1.00 bits per heavy atom. The Kier molecular flexibility index (Phi) is 8.03. The summed E-state index contributed by atoms with van der Waals surface area (Å²) >= 11 is 1.65. The summed E-state index contributed by atoms with van der Waals surface area (Å²) in [5.74, 6) is 0.182. The number of anilines is 1. The Balaban J connectivity index is 1.39. The number of carbonyl (C=O) groups excluding carboxylic acids is 3. The first-order chi connectivity index (χ1) is 18.0. The predicted molar refractivity (Wildman–Crippen MR) is 146 cm³/mol. The van der Waals surface area contributed by atoms with Crippen molar-refractivity contribution in [1.29, 1.82) is 0 Å². The monoisotopic (exact) mass is 520 g/mol. The molecule has 1 aliphatic carbocycles. The fraction of sp³-hybridized carbons (Fsp3) is 0.483. The SMILES string of the molecule is CSc1ccc(NC(=O)N2CCC(=O)N3[C@@H](C4CCCCC4)C(=O)N(CCc4ccccc4)C[C@H]23)cc1. The maximum atomic E-state index is 13.9. The van der Waals surface area contributed by atoms with Gasteiger partial charge in [0.2, 0.25) is 11.8 Å². The smallest absolute Gasteiger partial charge is 0.323 e. The summed E-state index contributed by atoms with van der Waals surface area (Å²) in [7, 11) is 0. The van der Waals surface area contributed by atoms with E-state index in [0.29, 0.717) is 19.6 Å². The first-order valence-corrected chi connectivity index (χ1v) is 14.6. The zero-order valence-electron chi connectivity index (χ0n) is 21.5. The fourth-order valence-electron chi connectivity index (χ4n) is 6.03. The Morgan fingerprint density at radius 3 is 2.43 bits per heavy atom. The van der Waals surface area contributed by atoms with Crippen LogP contribution in [-0.2, 0) is 16.0 Å². The predicted octanol–water partition coefficient (Wildman–Crippen LogP) is 4.83. The van der Waals surface area contributed by atoms with Crippen molar-refractivity contribution >= 4 is 35.3 Å². The number of hydrogen-bond donors (Lipinski definition) is 1. The molecule has 0 aromatic heterocycles. The van der Waals surface area contributed by atoms with E-state index in [1.165, 1.54) is 12.0 Å². The zero-order chi connectivity index (χ0) is 25.8. The Bertz CT molecular complexity index is 1100. The van der Waals surface area contributed by atoms with E-state index in [9.17, 15) is 14.4 Å². The van der Waals surface area contributed by atoms with E-state index in [1.54, 1.807) is 21.6 Å². The summed E-state index contributed by atoms with van der Waals surface area (Å²) in [6.07, 6.45) is 7.81. The van der Waals surface area contributed by atoms with Gasteiger partial charge in [-0.3, -0.25) is 9.59 Å². The normalized spacial score (nSPS) is 22.7. The minimum atomic E-state index is -0.487. The van der Waals surface area contributed by atoms with Crippen molar-refractivity contribution < 1.29 is 14.4 Å². The van der Waals surface area contributed by atoms with Gasteiger partial charge in [-0.05, 0) is 61.3 Å². The molecule has 196 valence electrons. The van der Waals surface area contributed by atoms with Gasteiger partial charge in [0.1, 0.15) is 12.2 Å². The molecule has 8 heteroatoms. The van der Waals surface area contributed by atoms with Gasteiger partial charge in [0.25, 0.3) is 0 Å². The molecule has 2 heterocycles. The van der Waals surface area contributed by atoms with Crippen molar-refractivity contribution in [2.45, 2.75) is 62.0 Å². The molecular formula is C29H36N4O3S. The summed E-state index contributed by atoms with van der Waals surface area (Å²) in [5, 5.41) is 3.03. The number of thioether (sulfide) groups is 1. The van der Waals surface area contributed by atoms with Crippen LogP contribution < -0.4 is 5.32 Å². The molecule has 0 unspecified atom stereocenters. The van der Waals surface area contributed by atoms with Crippen LogP contribution in [0.2, 0.25) is 0 Å². The molecule has 3 fully saturated rings. The quantitative estimate of drug-likeness (QED) is 0.554. The van der Waals surface area contributed by atoms with Gasteiger partial charge >= 0.3 is 6.03 Å². The number of urea groups is 1. The van der Waals surface area contributed by atoms with Crippen LogP contribution in [0.15, 0.2) is 59.5 Å². The van der Waals surface area contributed by atoms with Gasteiger partial charge in [-0.2, -0.15) is 0 Å². The maximum absolute atomic E-state index is 13.9. The third-order valence-electron chi connectivity index (χ3n) is 8.00. The van der Waals surface area contributed by atoms with Gasteiger partial charge in [0.15, 0.2) is 0 Å². The number of rotatable bonds is 6. The highest BCUT2D eigenvalue weighted by molar-refractivity contribution is 7.98. The molecule has 3 aliphatic rings. The molecular weight excluding hydrogens is 484 g/mol. The Labute approximate surface area is 223 Å². The van der Waals surface area contributed by atoms with Gasteiger partial charge in [0, 0.05) is 30.1 Å². The molecule has 4 amide bonds. The number of carbonyl (C=O) groups is 3. The molecule has 5 rings (SSSR count). The summed E-state index contributed by atoms with van der Waals surface area (Å²) in [4.78, 5) is 47.3. The van der Waals surface area contributed by atoms with Crippen molar-refractivity contribution in [1.82, 2.24) is 14.7 Å². The van der Waals surface area contributed by atoms with E-state index in [2.05, 4.69) is 17.4 Å². The number of benzene rings is 2. The number of hydrogen-bond acceptors (Lipinski definition) is 4. The van der Waals surface area contributed by atoms with Crippen LogP contribution in [0.5, 0.6) is 0 Å². The molecule has 2 aromatic rings. The van der Waals surface area contributed by atoms with Gasteiger partial charge in [-0.25, -0.2) is 4.79 Å². The van der Waals surface area contributed by atoms with Crippen LogP contribution in [0.25, 0.3) is 0 Å². The molecule has 37 heavy (non-hydrogen) atoms. The first-order valence-electron chi connectivity index (χ1n) is 13.4. The van der Waals surface area contributed by atoms with Crippen LogP contribution in [0.4, 0.5) is 10.5 Å². The maximum Gasteiger partial charge on any atom is 0.323 e. The van der Waals surface area contributed by atoms with Crippen molar-refractivity contribution in [2.75, 3.05) is 31.2 Å². The van der Waals surface area contributed by atoms with Crippen LogP contribution >= 0.6 is 11.8 Å². The molecule has 2 atom stereocenters. The summed E-state index contributed by atoms with van der Waals surface area (Å²) in [6.45, 7) is 1.28. The van der Waals surface area contributed by atoms with E-state index >= 15 is 0 Å². The average Bonchev–Trinajstić information content (AvgIpc) is 2.94. The fourth-order valence-corrected chi connectivity index (χ4v) is 6.43. The van der Waals surface area contributed by atoms with Crippen molar-refractivity contribution in [3.63, 3.8) is 0 Å². The van der Waals surface area contributed by atoms with Gasteiger partial charge < -0.3 is 20.0 Å². The summed E-state index contributed by atoms with van der Waals surface area (Å²) < 4.78 is 0. The molecule has 0 spiro atoms. The van der Waals surface area contributed by atoms with E-state index < -0.39 is 12.2 Å². The second-order valence-electron chi connectivity index (χ2n) is 10.2. The molecule has 2 aliphatic heterocycles. The first kappa shape index (κ1) is 25.6. The largest absolute Gasteiger partial charge is 0.337 e. The minimum Gasteiger partial charge on any atom is -0.337 e. The highest BCUT2D eigenvalue weighted by atomic mass is 32.2. The standard InChI is InChI=1S/C29H36N4O3S/c1-37-24-14-12-23(13-15-24)30-29(36)32-19-17-26(34)33-25(32)20-31(18-16-21-8-4-2-5-9-21)28(35)27(33)22-10-6-3-7-11-22/h2,4-5,8-9,12-15,22,25,27H,3,6-7,10-11,16-20H2,1H3,(H,30,36)/t25-,27+/m1/s1. The van der Waals surface area contributed by atoms with Gasteiger partial charge in [-0.15, -0.1) is 11.8 Å². The third-order valence-corrected chi connectivity index (χ3v) is 8.74. The number of fused-ring (bicyclic) bond motifs is 1. The molecule has 1 saturated carbocycles. The lowest BCUT2D eigenvalue weighted by Gasteiger charge is -2.54. The Morgan fingerprint density at radius 2 is 1.73 bits per heavy atom. The number of nitrogens with zero attached hydrogens (tertiary/aromatic N) is 3. The molecule has 2 saturated heterocycles. The number of piperazine rings is 1. The minimum absolute atomic E-state index is 0.00925. The Hall–Kier alpha value is -3.00. The molecule has 2 aromatic carbocycles. The van der Waals surface area contributed by atoms with Gasteiger partial charge in [0.05, 0.1) is 6.54 Å². The highest BCUT2D eigenvalue weighted by Crippen LogP contribution is 2.36. The van der Waals surface area contributed by atoms with E-state index in [1.807, 2.05) is 53.6 Å². The summed E-state index contributed by atoms with van der Waals surface area (Å²) in [5.41, 5.74) is 1.90. The van der Waals surface area contributed by atoms with E-state index in [-0.39, 0.29) is 30.2 Å². The van der Waals surface area contributed by atoms with Crippen LogP contribution in [0.3, 0.4) is 0 Å². The lowest BCUT2D eigenvalue weighted by molar-refractivity contribution is -0.170. The topological polar surface area (TPSA) is 73.0 Å². The molecule has 0 bridgehead atoms. The van der Waals surface area contributed by atoms with Crippen molar-refractivity contribution in [2.24, 2.45) is 5.92 Å². The van der Waals surface area contributed by atoms with Gasteiger partial charge in [-0.1, -0.05) is 49.6 Å². The molecule has 7 nitrogen and oxygen atoms in total. The average molecular weight is 521 g/mol. The van der Waals surface area contributed by atoms with E-state index in [4.69, 9.17) is 0 Å². The van der Waals surface area contributed by atoms with Crippen LogP contribution in [0, 0.1) is 5.92 Å². The molecule has 0 radical (unpaired) electrons. The highest BCUT2D eigenvalue weighted by Gasteiger charge is 2.51. The lowest BCUT2D eigenvalue weighted by atomic mass is 9.81. The lowest BCUT2D eigenvalue weighted by Crippen LogP contribution is -2.73. The zero-order valence-corrected chi connectivity index (χ0v) is 22.3. The summed E-state index contributed by atoms with van der Waals surface area (Å²) in [6, 6.07) is 17.2. The van der Waals surface area contributed by atoms with E-state index in [0.717, 1.165) is 42.7 Å². The molecule has 1 N–H and O–H groups in total. The van der Waals surface area contributed by atoms with Crippen molar-refractivity contribution in [3.05, 3.63) is 60.2 Å². The van der Waals surface area contributed by atoms with Crippen LogP contribution in [0.1, 0.15) is 44.1 Å². The number of nitrogens with one attached hydrogen (secondary N) is 1. The second kappa shape index (κ2) is 11.6. The number of amides is 4. The third kappa shape index (κ3) is 5.64. The van der Waals surface area contributed by atoms with Crippen molar-refractivity contribution in [3.8, 4) is 0 Å². The second-order valence-corrected chi connectivity index (χ2v) is 11.1.